The Bertz CT molecular complexity index is 1090. The topological polar surface area (TPSA) is 58.7 Å². The van der Waals surface area contributed by atoms with Gasteiger partial charge in [-0.15, -0.1) is 17.0 Å². The molecule has 1 saturated carbocycles. The maximum Gasteiger partial charge on any atom is 0.231 e. The summed E-state index contributed by atoms with van der Waals surface area (Å²) >= 11 is 12.1. The third-order valence-electron chi connectivity index (χ3n) is 7.07. The quantitative estimate of drug-likeness (QED) is 0.265. The third-order valence-corrected chi connectivity index (χ3v) is 7.81. The summed E-state index contributed by atoms with van der Waals surface area (Å²) in [5.74, 6) is 1.95. The second-order valence-electron chi connectivity index (χ2n) is 9.63. The van der Waals surface area contributed by atoms with Crippen LogP contribution in [0, 0.1) is 5.92 Å². The summed E-state index contributed by atoms with van der Waals surface area (Å²) in [5.41, 5.74) is -0.371. The van der Waals surface area contributed by atoms with Crippen LogP contribution in [-0.4, -0.2) is 41.7 Å². The molecule has 1 aliphatic carbocycles. The highest BCUT2D eigenvalue weighted by molar-refractivity contribution is 8.93. The number of benzene rings is 2. The summed E-state index contributed by atoms with van der Waals surface area (Å²) in [5, 5.41) is 13.0. The maximum atomic E-state index is 12.0. The van der Waals surface area contributed by atoms with Crippen LogP contribution in [-0.2, 0) is 12.0 Å². The molecule has 5 nitrogen and oxygen atoms in total. The van der Waals surface area contributed by atoms with E-state index in [4.69, 9.17) is 32.4 Å². The van der Waals surface area contributed by atoms with Crippen LogP contribution < -0.4 is 4.74 Å². The SMILES string of the molecule is Br.CN(C)C(CCOc1ccc(Cl)c(Cl)c1)Cc1cnc([C@](O)(c2ccccc2)C2CCCCC2)o1. The molecule has 1 aromatic heterocycles. The molecule has 1 fully saturated rings. The zero-order valence-electron chi connectivity index (χ0n) is 20.8. The Morgan fingerprint density at radius 2 is 1.81 bits per heavy atom. The van der Waals surface area contributed by atoms with Gasteiger partial charge < -0.3 is 19.2 Å². The van der Waals surface area contributed by atoms with Gasteiger partial charge >= 0.3 is 0 Å². The van der Waals surface area contributed by atoms with Crippen molar-refractivity contribution < 1.29 is 14.3 Å². The average molecular weight is 598 g/mol. The Labute approximate surface area is 234 Å². The standard InChI is InChI=1S/C28H34Cl2N2O3.BrH/c1-32(2)22(15-16-34-23-13-14-25(29)26(30)18-23)17-24-19-31-27(35-24)28(33,20-9-5-3-6-10-20)21-11-7-4-8-12-21;/h3,5-6,9-10,13-14,18-19,21-22,33H,4,7-8,11-12,15-17H2,1-2H3;1H/t22?,28-;/m0./s1. The summed E-state index contributed by atoms with van der Waals surface area (Å²) in [6.07, 6.45) is 8.61. The fraction of sp³-hybridized carbons (Fsp3) is 0.464. The number of rotatable bonds is 10. The molecule has 0 bridgehead atoms. The molecule has 2 atom stereocenters. The van der Waals surface area contributed by atoms with Crippen molar-refractivity contribution in [2.75, 3.05) is 20.7 Å². The number of ether oxygens (including phenoxy) is 1. The van der Waals surface area contributed by atoms with Crippen molar-refractivity contribution in [1.29, 1.82) is 0 Å². The second-order valence-corrected chi connectivity index (χ2v) is 10.4. The first-order chi connectivity index (χ1) is 16.9. The zero-order chi connectivity index (χ0) is 24.8. The number of nitrogens with zero attached hydrogens (tertiary/aromatic N) is 2. The molecule has 3 aromatic rings. The van der Waals surface area contributed by atoms with E-state index in [1.165, 1.54) is 6.42 Å². The molecule has 36 heavy (non-hydrogen) atoms. The van der Waals surface area contributed by atoms with Crippen molar-refractivity contribution in [3.8, 4) is 5.75 Å². The lowest BCUT2D eigenvalue weighted by Gasteiger charge is -2.36. The molecule has 0 radical (unpaired) electrons. The molecule has 2 aromatic carbocycles. The van der Waals surface area contributed by atoms with Gasteiger partial charge in [-0.3, -0.25) is 0 Å². The summed E-state index contributed by atoms with van der Waals surface area (Å²) in [6, 6.07) is 15.3. The number of aromatic nitrogens is 1. The van der Waals surface area contributed by atoms with Crippen molar-refractivity contribution in [3.05, 3.63) is 82.0 Å². The molecular formula is C28H35BrCl2N2O3. The maximum absolute atomic E-state index is 12.0. The van der Waals surface area contributed by atoms with Crippen molar-refractivity contribution in [2.45, 2.75) is 56.6 Å². The van der Waals surface area contributed by atoms with Crippen LogP contribution in [0.4, 0.5) is 0 Å². The first-order valence-electron chi connectivity index (χ1n) is 12.3. The Balaban J connectivity index is 0.00000361. The minimum atomic E-state index is -1.22. The minimum absolute atomic E-state index is 0. The minimum Gasteiger partial charge on any atom is -0.493 e. The number of halogens is 3. The van der Waals surface area contributed by atoms with Crippen LogP contribution in [0.2, 0.25) is 10.0 Å². The highest BCUT2D eigenvalue weighted by atomic mass is 79.9. The molecule has 4 rings (SSSR count). The number of hydrogen-bond donors (Lipinski definition) is 1. The largest absolute Gasteiger partial charge is 0.493 e. The van der Waals surface area contributed by atoms with E-state index in [-0.39, 0.29) is 28.9 Å². The summed E-state index contributed by atoms with van der Waals surface area (Å²) in [7, 11) is 4.09. The fourth-order valence-electron chi connectivity index (χ4n) is 4.98. The van der Waals surface area contributed by atoms with Crippen LogP contribution in [0.5, 0.6) is 5.75 Å². The van der Waals surface area contributed by atoms with Gasteiger partial charge in [0.2, 0.25) is 5.89 Å². The Morgan fingerprint density at radius 3 is 2.47 bits per heavy atom. The van der Waals surface area contributed by atoms with Gasteiger partial charge in [0.25, 0.3) is 0 Å². The van der Waals surface area contributed by atoms with Crippen LogP contribution in [0.1, 0.15) is 55.7 Å². The second kappa shape index (κ2) is 13.3. The molecule has 1 unspecified atom stereocenters. The molecule has 0 spiro atoms. The average Bonchev–Trinajstić information content (AvgIpc) is 3.35. The van der Waals surface area contributed by atoms with E-state index in [1.807, 2.05) is 50.5 Å². The van der Waals surface area contributed by atoms with Gasteiger partial charge in [-0.05, 0) is 51.1 Å². The van der Waals surface area contributed by atoms with Crippen molar-refractivity contribution in [2.24, 2.45) is 5.92 Å². The first kappa shape index (κ1) is 29.0. The number of likely N-dealkylation sites (N-methyl/N-ethyl adjacent to an activating group) is 1. The predicted octanol–water partition coefficient (Wildman–Crippen LogP) is 7.32. The normalized spacial score (nSPS) is 16.8. The fourth-order valence-corrected chi connectivity index (χ4v) is 5.27. The smallest absolute Gasteiger partial charge is 0.231 e. The third kappa shape index (κ3) is 6.84. The molecular weight excluding hydrogens is 563 g/mol. The molecule has 0 saturated heterocycles. The van der Waals surface area contributed by atoms with E-state index in [9.17, 15) is 5.11 Å². The van der Waals surface area contributed by atoms with E-state index < -0.39 is 5.60 Å². The van der Waals surface area contributed by atoms with Gasteiger partial charge in [-0.1, -0.05) is 72.8 Å². The molecule has 196 valence electrons. The monoisotopic (exact) mass is 596 g/mol. The van der Waals surface area contributed by atoms with Gasteiger partial charge in [0, 0.05) is 24.4 Å². The van der Waals surface area contributed by atoms with E-state index >= 15 is 0 Å². The van der Waals surface area contributed by atoms with E-state index in [0.717, 1.165) is 43.4 Å². The van der Waals surface area contributed by atoms with E-state index in [2.05, 4.69) is 9.88 Å². The lowest BCUT2D eigenvalue weighted by Crippen LogP contribution is -2.38. The lowest BCUT2D eigenvalue weighted by atomic mass is 9.73. The van der Waals surface area contributed by atoms with Crippen molar-refractivity contribution in [1.82, 2.24) is 9.88 Å². The highest BCUT2D eigenvalue weighted by Crippen LogP contribution is 2.43. The zero-order valence-corrected chi connectivity index (χ0v) is 24.1. The summed E-state index contributed by atoms with van der Waals surface area (Å²) in [4.78, 5) is 6.76. The molecule has 1 heterocycles. The van der Waals surface area contributed by atoms with Gasteiger partial charge in [-0.25, -0.2) is 4.98 Å². The molecule has 1 aliphatic rings. The molecule has 0 amide bonds. The van der Waals surface area contributed by atoms with Gasteiger partial charge in [0.15, 0.2) is 5.60 Å². The Kier molecular flexibility index (Phi) is 10.7. The van der Waals surface area contributed by atoms with E-state index in [0.29, 0.717) is 34.7 Å². The van der Waals surface area contributed by atoms with Gasteiger partial charge in [-0.2, -0.15) is 0 Å². The summed E-state index contributed by atoms with van der Waals surface area (Å²) < 4.78 is 12.2. The molecule has 1 N–H and O–H groups in total. The van der Waals surface area contributed by atoms with Gasteiger partial charge in [0.05, 0.1) is 22.8 Å². The van der Waals surface area contributed by atoms with Crippen LogP contribution in [0.15, 0.2) is 59.1 Å². The van der Waals surface area contributed by atoms with Gasteiger partial charge in [0.1, 0.15) is 11.5 Å². The summed E-state index contributed by atoms with van der Waals surface area (Å²) in [6.45, 7) is 0.526. The van der Waals surface area contributed by atoms with Crippen LogP contribution in [0.25, 0.3) is 0 Å². The molecule has 0 aliphatic heterocycles. The molecule has 8 heteroatoms. The number of aliphatic hydroxyl groups is 1. The predicted molar refractivity (Wildman–Crippen MR) is 151 cm³/mol. The highest BCUT2D eigenvalue weighted by Gasteiger charge is 2.44. The van der Waals surface area contributed by atoms with E-state index in [1.54, 1.807) is 18.3 Å². The van der Waals surface area contributed by atoms with Crippen LogP contribution in [0.3, 0.4) is 0 Å². The Morgan fingerprint density at radius 1 is 1.08 bits per heavy atom. The Hall–Kier alpha value is -1.57. The lowest BCUT2D eigenvalue weighted by molar-refractivity contribution is -0.0240. The number of hydrogen-bond acceptors (Lipinski definition) is 5. The van der Waals surface area contributed by atoms with Crippen molar-refractivity contribution >= 4 is 40.2 Å². The number of oxazole rings is 1. The first-order valence-corrected chi connectivity index (χ1v) is 13.1. The van der Waals surface area contributed by atoms with Crippen molar-refractivity contribution in [3.63, 3.8) is 0 Å². The van der Waals surface area contributed by atoms with Crippen LogP contribution >= 0.6 is 40.2 Å².